The molecule has 2 heteroatoms. The van der Waals surface area contributed by atoms with E-state index in [1.165, 1.54) is 5.37 Å². The highest BCUT2D eigenvalue weighted by Crippen LogP contribution is 1.91. The van der Waals surface area contributed by atoms with Crippen LogP contribution in [0.2, 0.25) is 0 Å². The summed E-state index contributed by atoms with van der Waals surface area (Å²) in [5.41, 5.74) is 0. The van der Waals surface area contributed by atoms with Gasteiger partial charge in [-0.15, -0.1) is 0 Å². The Morgan fingerprint density at radius 3 is 2.75 bits per heavy atom. The second-order valence-corrected chi connectivity index (χ2v) is 1.96. The van der Waals surface area contributed by atoms with E-state index in [-0.39, 0.29) is 0 Å². The van der Waals surface area contributed by atoms with Gasteiger partial charge in [0.25, 0.3) is 0 Å². The molecule has 0 aromatic heterocycles. The molecule has 0 saturated heterocycles. The second-order valence-electron chi connectivity index (χ2n) is 1.69. The molecule has 0 aromatic rings. The van der Waals surface area contributed by atoms with E-state index in [2.05, 4.69) is 31.1 Å². The van der Waals surface area contributed by atoms with Gasteiger partial charge in [0, 0.05) is 17.6 Å². The van der Waals surface area contributed by atoms with Gasteiger partial charge in [-0.05, 0) is 13.3 Å². The maximum atomic E-state index is 4.54. The lowest BCUT2D eigenvalue weighted by Crippen LogP contribution is -1.93. The van der Waals surface area contributed by atoms with Crippen LogP contribution in [0.3, 0.4) is 0 Å². The molecule has 0 radical (unpaired) electrons. The second kappa shape index (κ2) is 4.91. The first kappa shape index (κ1) is 7.76. The molecule has 8 heavy (non-hydrogen) atoms. The smallest absolute Gasteiger partial charge is 0.0469 e. The summed E-state index contributed by atoms with van der Waals surface area (Å²) in [5, 5.41) is 1.53. The summed E-state index contributed by atoms with van der Waals surface area (Å²) in [6.45, 7) is 4.17. The Balaban J connectivity index is 3.35. The first-order valence-corrected chi connectivity index (χ1v) is 3.25. The number of thiocarbonyl (C=S) groups is 1. The maximum Gasteiger partial charge on any atom is 0.0469 e. The van der Waals surface area contributed by atoms with E-state index in [9.17, 15) is 0 Å². The third kappa shape index (κ3) is 3.93. The lowest BCUT2D eigenvalue weighted by atomic mass is 10.3. The molecule has 0 aliphatic rings. The van der Waals surface area contributed by atoms with Gasteiger partial charge >= 0.3 is 0 Å². The van der Waals surface area contributed by atoms with Gasteiger partial charge in [0.05, 0.1) is 0 Å². The van der Waals surface area contributed by atoms with Crippen molar-refractivity contribution in [3.8, 4) is 0 Å². The normalized spacial score (nSPS) is 14.2. The first-order chi connectivity index (χ1) is 3.81. The van der Waals surface area contributed by atoms with E-state index in [0.717, 1.165) is 6.42 Å². The van der Waals surface area contributed by atoms with Crippen molar-refractivity contribution in [3.05, 3.63) is 0 Å². The van der Waals surface area contributed by atoms with Crippen LogP contribution in [0.5, 0.6) is 0 Å². The molecular formula is C6H11NS. The number of rotatable bonds is 3. The molecular weight excluding hydrogens is 118 g/mol. The molecule has 0 aliphatic heterocycles. The molecule has 0 N–H and O–H groups in total. The molecule has 0 amide bonds. The topological polar surface area (TPSA) is 12.4 Å². The molecule has 1 unspecified atom stereocenters. The van der Waals surface area contributed by atoms with Crippen molar-refractivity contribution in [3.63, 3.8) is 0 Å². The Bertz CT molecular complexity index is 88.5. The largest absolute Gasteiger partial charge is 0.289 e. The van der Waals surface area contributed by atoms with Crippen molar-refractivity contribution >= 4 is 23.8 Å². The fraction of sp³-hybridized carbons (Fsp3) is 0.667. The van der Waals surface area contributed by atoms with E-state index < -0.39 is 0 Å². The standard InChI is InChI=1S/C6H11NS/c1-3-6(2)7-4-5-8/h4-6H,3H2,1-2H3. The van der Waals surface area contributed by atoms with Crippen molar-refractivity contribution < 1.29 is 0 Å². The fourth-order valence-corrected chi connectivity index (χ4v) is 0.358. The lowest BCUT2D eigenvalue weighted by molar-refractivity contribution is 0.721. The van der Waals surface area contributed by atoms with Crippen molar-refractivity contribution in [2.45, 2.75) is 26.3 Å². The summed E-state index contributed by atoms with van der Waals surface area (Å²) >= 11 is 4.54. The summed E-state index contributed by atoms with van der Waals surface area (Å²) in [6.07, 6.45) is 2.75. The van der Waals surface area contributed by atoms with Gasteiger partial charge in [0.2, 0.25) is 0 Å². The Morgan fingerprint density at radius 1 is 1.75 bits per heavy atom. The molecule has 0 fully saturated rings. The Hall–Kier alpha value is -0.240. The highest BCUT2D eigenvalue weighted by atomic mass is 32.1. The molecule has 0 spiro atoms. The van der Waals surface area contributed by atoms with E-state index in [1.54, 1.807) is 6.21 Å². The Labute approximate surface area is 55.8 Å². The van der Waals surface area contributed by atoms with Crippen LogP contribution in [0.15, 0.2) is 4.99 Å². The zero-order chi connectivity index (χ0) is 6.41. The van der Waals surface area contributed by atoms with Crippen LogP contribution in [0.4, 0.5) is 0 Å². The van der Waals surface area contributed by atoms with Crippen LogP contribution < -0.4 is 0 Å². The number of aliphatic imine (C=N–C) groups is 1. The van der Waals surface area contributed by atoms with E-state index in [4.69, 9.17) is 0 Å². The van der Waals surface area contributed by atoms with Crippen molar-refractivity contribution in [2.24, 2.45) is 4.99 Å². The third-order valence-corrected chi connectivity index (χ3v) is 1.11. The van der Waals surface area contributed by atoms with E-state index in [1.807, 2.05) is 0 Å². The average molecular weight is 129 g/mol. The summed E-state index contributed by atoms with van der Waals surface area (Å²) in [5.74, 6) is 0. The van der Waals surface area contributed by atoms with Crippen molar-refractivity contribution in [1.29, 1.82) is 0 Å². The molecule has 0 rings (SSSR count). The molecule has 1 atom stereocenters. The van der Waals surface area contributed by atoms with Crippen LogP contribution in [0.25, 0.3) is 0 Å². The zero-order valence-electron chi connectivity index (χ0n) is 5.29. The molecule has 0 bridgehead atoms. The van der Waals surface area contributed by atoms with Gasteiger partial charge in [-0.1, -0.05) is 19.1 Å². The minimum atomic E-state index is 0.425. The summed E-state index contributed by atoms with van der Waals surface area (Å²) in [7, 11) is 0. The predicted molar refractivity (Wildman–Crippen MR) is 41.9 cm³/mol. The molecule has 1 nitrogen and oxygen atoms in total. The van der Waals surface area contributed by atoms with Crippen LogP contribution in [-0.4, -0.2) is 17.6 Å². The minimum absolute atomic E-state index is 0.425. The lowest BCUT2D eigenvalue weighted by Gasteiger charge is -1.96. The SMILES string of the molecule is CCC(C)N=CC=S. The summed E-state index contributed by atoms with van der Waals surface area (Å²) < 4.78 is 0. The molecule has 0 saturated carbocycles. The molecule has 0 aromatic carbocycles. The number of nitrogens with zero attached hydrogens (tertiary/aromatic N) is 1. The monoisotopic (exact) mass is 129 g/mol. The van der Waals surface area contributed by atoms with E-state index in [0.29, 0.717) is 6.04 Å². The van der Waals surface area contributed by atoms with Crippen molar-refractivity contribution in [2.75, 3.05) is 0 Å². The molecule has 0 aliphatic carbocycles. The summed E-state index contributed by atoms with van der Waals surface area (Å²) in [4.78, 5) is 4.08. The summed E-state index contributed by atoms with van der Waals surface area (Å²) in [6, 6.07) is 0.425. The average Bonchev–Trinajstić information content (AvgIpc) is 1.83. The predicted octanol–water partition coefficient (Wildman–Crippen LogP) is 1.86. The van der Waals surface area contributed by atoms with Crippen LogP contribution >= 0.6 is 12.2 Å². The minimum Gasteiger partial charge on any atom is -0.289 e. The quantitative estimate of drug-likeness (QED) is 0.418. The van der Waals surface area contributed by atoms with Crippen LogP contribution in [-0.2, 0) is 0 Å². The van der Waals surface area contributed by atoms with Crippen molar-refractivity contribution in [1.82, 2.24) is 0 Å². The van der Waals surface area contributed by atoms with Gasteiger partial charge in [0.15, 0.2) is 0 Å². The Kier molecular flexibility index (Phi) is 4.76. The number of hydrogen-bond donors (Lipinski definition) is 0. The number of hydrogen-bond acceptors (Lipinski definition) is 2. The molecule has 46 valence electrons. The van der Waals surface area contributed by atoms with Crippen LogP contribution in [0.1, 0.15) is 20.3 Å². The van der Waals surface area contributed by atoms with E-state index >= 15 is 0 Å². The van der Waals surface area contributed by atoms with Gasteiger partial charge in [-0.3, -0.25) is 4.99 Å². The van der Waals surface area contributed by atoms with Gasteiger partial charge in [-0.25, -0.2) is 0 Å². The van der Waals surface area contributed by atoms with Gasteiger partial charge < -0.3 is 0 Å². The first-order valence-electron chi connectivity index (χ1n) is 2.78. The van der Waals surface area contributed by atoms with Gasteiger partial charge in [-0.2, -0.15) is 0 Å². The maximum absolute atomic E-state index is 4.54. The Morgan fingerprint density at radius 2 is 2.38 bits per heavy atom. The van der Waals surface area contributed by atoms with Crippen LogP contribution in [0, 0.1) is 0 Å². The fourth-order valence-electron chi connectivity index (χ4n) is 0.287. The highest BCUT2D eigenvalue weighted by Gasteiger charge is 1.87. The van der Waals surface area contributed by atoms with Gasteiger partial charge in [0.1, 0.15) is 0 Å². The molecule has 0 heterocycles. The highest BCUT2D eigenvalue weighted by molar-refractivity contribution is 7.80. The zero-order valence-corrected chi connectivity index (χ0v) is 6.11. The third-order valence-electron chi connectivity index (χ3n) is 0.992.